The molecule has 0 saturated carbocycles. The SMILES string of the molecule is C[SiH](C)Cc1ccnc(C([Si](C)(C)C)[Si](C)(C)C)n1. The zero-order chi connectivity index (χ0) is 14.8. The highest BCUT2D eigenvalue weighted by molar-refractivity contribution is 6.96. The molecule has 1 aromatic heterocycles. The average molecular weight is 311 g/mol. The van der Waals surface area contributed by atoms with Crippen LogP contribution in [0.5, 0.6) is 0 Å². The highest BCUT2D eigenvalue weighted by Crippen LogP contribution is 2.33. The molecule has 2 nitrogen and oxygen atoms in total. The fourth-order valence-electron chi connectivity index (χ4n) is 3.16. The van der Waals surface area contributed by atoms with Crippen molar-refractivity contribution in [1.82, 2.24) is 9.97 Å². The van der Waals surface area contributed by atoms with Gasteiger partial charge in [0.1, 0.15) is 5.82 Å². The van der Waals surface area contributed by atoms with Gasteiger partial charge in [-0.05, 0) is 12.1 Å². The third kappa shape index (κ3) is 4.96. The lowest BCUT2D eigenvalue weighted by molar-refractivity contribution is 0.928. The highest BCUT2D eigenvalue weighted by atomic mass is 28.4. The lowest BCUT2D eigenvalue weighted by Gasteiger charge is -2.37. The van der Waals surface area contributed by atoms with E-state index in [1.807, 2.05) is 6.20 Å². The largest absolute Gasteiger partial charge is 0.242 e. The molecule has 0 aromatic carbocycles. The van der Waals surface area contributed by atoms with E-state index >= 15 is 0 Å². The van der Waals surface area contributed by atoms with Gasteiger partial charge in [-0.25, -0.2) is 9.97 Å². The minimum atomic E-state index is -1.28. The second-order valence-electron chi connectivity index (χ2n) is 8.17. The summed E-state index contributed by atoms with van der Waals surface area (Å²) in [5.74, 6) is 1.14. The Bertz CT molecular complexity index is 405. The molecule has 1 rings (SSSR count). The topological polar surface area (TPSA) is 25.8 Å². The van der Waals surface area contributed by atoms with E-state index in [0.717, 1.165) is 5.82 Å². The summed E-state index contributed by atoms with van der Waals surface area (Å²) in [5, 5.41) is 0.647. The summed E-state index contributed by atoms with van der Waals surface area (Å²) in [7, 11) is -3.16. The van der Waals surface area contributed by atoms with Crippen LogP contribution in [0.25, 0.3) is 0 Å². The first-order valence-electron chi connectivity index (χ1n) is 7.33. The van der Waals surface area contributed by atoms with Crippen molar-refractivity contribution < 1.29 is 0 Å². The van der Waals surface area contributed by atoms with Gasteiger partial charge in [0.05, 0.1) is 16.1 Å². The van der Waals surface area contributed by atoms with Crippen LogP contribution in [-0.2, 0) is 6.04 Å². The Hall–Kier alpha value is -0.269. The highest BCUT2D eigenvalue weighted by Gasteiger charge is 2.40. The van der Waals surface area contributed by atoms with Crippen molar-refractivity contribution in [3.63, 3.8) is 0 Å². The molecule has 108 valence electrons. The molecule has 0 radical (unpaired) electrons. The van der Waals surface area contributed by atoms with Gasteiger partial charge in [-0.1, -0.05) is 52.4 Å². The molecular weight excluding hydrogens is 280 g/mol. The Kier molecular flexibility index (Phi) is 5.31. The molecule has 19 heavy (non-hydrogen) atoms. The molecule has 0 atom stereocenters. The van der Waals surface area contributed by atoms with Crippen molar-refractivity contribution in [2.24, 2.45) is 0 Å². The van der Waals surface area contributed by atoms with Crippen LogP contribution in [0, 0.1) is 0 Å². The third-order valence-electron chi connectivity index (χ3n) is 3.34. The van der Waals surface area contributed by atoms with Gasteiger partial charge in [0, 0.05) is 25.9 Å². The van der Waals surface area contributed by atoms with E-state index in [0.29, 0.717) is 5.16 Å². The molecule has 0 aliphatic rings. The molecule has 0 unspecified atom stereocenters. The van der Waals surface area contributed by atoms with E-state index < -0.39 is 24.9 Å². The minimum Gasteiger partial charge on any atom is -0.242 e. The molecule has 1 aromatic rings. The lowest BCUT2D eigenvalue weighted by Crippen LogP contribution is -2.47. The maximum Gasteiger partial charge on any atom is 0.126 e. The van der Waals surface area contributed by atoms with Crippen LogP contribution in [-0.4, -0.2) is 34.9 Å². The Morgan fingerprint density at radius 3 is 2.00 bits per heavy atom. The smallest absolute Gasteiger partial charge is 0.126 e. The number of nitrogens with zero attached hydrogens (tertiary/aromatic N) is 2. The molecule has 0 bridgehead atoms. The summed E-state index contributed by atoms with van der Waals surface area (Å²) in [6.45, 7) is 19.5. The van der Waals surface area contributed by atoms with E-state index in [1.165, 1.54) is 11.7 Å². The van der Waals surface area contributed by atoms with Crippen LogP contribution in [0.4, 0.5) is 0 Å². The van der Waals surface area contributed by atoms with Gasteiger partial charge in [-0.3, -0.25) is 0 Å². The van der Waals surface area contributed by atoms with Gasteiger partial charge in [0.2, 0.25) is 0 Å². The van der Waals surface area contributed by atoms with E-state index in [1.54, 1.807) is 0 Å². The van der Waals surface area contributed by atoms with E-state index in [4.69, 9.17) is 4.98 Å². The summed E-state index contributed by atoms with van der Waals surface area (Å²) >= 11 is 0. The maximum absolute atomic E-state index is 4.94. The fourth-order valence-corrected chi connectivity index (χ4v) is 16.4. The van der Waals surface area contributed by atoms with Crippen LogP contribution < -0.4 is 0 Å². The molecule has 5 heteroatoms. The standard InChI is InChI=1S/C14H30N2Si3/c1-17(2)11-12-9-10-15-13(16-12)14(18(3,4)5)19(6,7)8/h9-10,14,17H,11H2,1-8H3. The van der Waals surface area contributed by atoms with Crippen molar-refractivity contribution in [3.8, 4) is 0 Å². The number of hydrogen-bond acceptors (Lipinski definition) is 2. The first-order valence-corrected chi connectivity index (χ1v) is 17.6. The van der Waals surface area contributed by atoms with Gasteiger partial charge >= 0.3 is 0 Å². The van der Waals surface area contributed by atoms with Crippen LogP contribution in [0.3, 0.4) is 0 Å². The second-order valence-corrected chi connectivity index (χ2v) is 22.6. The van der Waals surface area contributed by atoms with Gasteiger partial charge in [-0.2, -0.15) is 0 Å². The predicted molar refractivity (Wildman–Crippen MR) is 94.0 cm³/mol. The maximum atomic E-state index is 4.94. The van der Waals surface area contributed by atoms with E-state index in [9.17, 15) is 0 Å². The van der Waals surface area contributed by atoms with Crippen molar-refractivity contribution in [2.45, 2.75) is 63.6 Å². The molecule has 0 aliphatic carbocycles. The second kappa shape index (κ2) is 6.01. The first kappa shape index (κ1) is 16.8. The van der Waals surface area contributed by atoms with Gasteiger partial charge in [-0.15, -0.1) is 0 Å². The molecule has 0 spiro atoms. The summed E-state index contributed by atoms with van der Waals surface area (Å²) in [6.07, 6.45) is 1.99. The molecule has 0 fully saturated rings. The van der Waals surface area contributed by atoms with Crippen molar-refractivity contribution in [3.05, 3.63) is 23.8 Å². The van der Waals surface area contributed by atoms with Crippen molar-refractivity contribution >= 4 is 24.9 Å². The summed E-state index contributed by atoms with van der Waals surface area (Å²) in [5.41, 5.74) is 1.27. The predicted octanol–water partition coefficient (Wildman–Crippen LogP) is 3.88. The number of rotatable bonds is 5. The lowest BCUT2D eigenvalue weighted by atomic mass is 10.4. The Balaban J connectivity index is 3.17. The number of aromatic nitrogens is 2. The zero-order valence-electron chi connectivity index (χ0n) is 13.9. The van der Waals surface area contributed by atoms with E-state index in [2.05, 4.69) is 63.4 Å². The van der Waals surface area contributed by atoms with Gasteiger partial charge in [0.25, 0.3) is 0 Å². The van der Waals surface area contributed by atoms with Crippen LogP contribution in [0.2, 0.25) is 52.4 Å². The molecule has 0 N–H and O–H groups in total. The molecule has 0 saturated heterocycles. The monoisotopic (exact) mass is 310 g/mol. The van der Waals surface area contributed by atoms with Gasteiger partial charge < -0.3 is 0 Å². The zero-order valence-corrected chi connectivity index (χ0v) is 17.1. The first-order chi connectivity index (χ1) is 8.51. The summed E-state index contributed by atoms with van der Waals surface area (Å²) in [4.78, 5) is 9.59. The van der Waals surface area contributed by atoms with Crippen LogP contribution in [0.15, 0.2) is 12.3 Å². The fraction of sp³-hybridized carbons (Fsp3) is 0.714. The molecule has 0 amide bonds. The van der Waals surface area contributed by atoms with Gasteiger partial charge in [0.15, 0.2) is 0 Å². The van der Waals surface area contributed by atoms with Crippen molar-refractivity contribution in [1.29, 1.82) is 0 Å². The number of hydrogen-bond donors (Lipinski definition) is 0. The van der Waals surface area contributed by atoms with Crippen LogP contribution in [0.1, 0.15) is 16.7 Å². The van der Waals surface area contributed by atoms with Crippen molar-refractivity contribution in [2.75, 3.05) is 0 Å². The minimum absolute atomic E-state index is 0.601. The normalized spacial score (nSPS) is 13.4. The Morgan fingerprint density at radius 2 is 1.58 bits per heavy atom. The quantitative estimate of drug-likeness (QED) is 0.771. The van der Waals surface area contributed by atoms with E-state index in [-0.39, 0.29) is 0 Å². The summed E-state index contributed by atoms with van der Waals surface area (Å²) < 4.78 is 0. The Morgan fingerprint density at radius 1 is 1.05 bits per heavy atom. The Labute approximate surface area is 122 Å². The molecular formula is C14H30N2Si3. The van der Waals surface area contributed by atoms with Crippen LogP contribution >= 0.6 is 0 Å². The molecule has 1 heterocycles. The third-order valence-corrected chi connectivity index (χ3v) is 13.8. The average Bonchev–Trinajstić information content (AvgIpc) is 2.11. The summed E-state index contributed by atoms with van der Waals surface area (Å²) in [6, 6.07) is 3.31. The molecule has 0 aliphatic heterocycles.